The molecule has 0 saturated heterocycles. The fraction of sp³-hybridized carbons (Fsp3) is 0.348. The van der Waals surface area contributed by atoms with E-state index in [-0.39, 0.29) is 6.61 Å². The number of carbonyl (C=O) groups excluding carboxylic acids is 1. The van der Waals surface area contributed by atoms with Crippen LogP contribution in [-0.2, 0) is 9.53 Å². The number of hydrogen-bond acceptors (Lipinski definition) is 7. The number of thiocarbonyl (C=S) groups is 1. The largest absolute Gasteiger partial charge is 0.497 e. The van der Waals surface area contributed by atoms with Gasteiger partial charge in [0.15, 0.2) is 11.7 Å². The van der Waals surface area contributed by atoms with Crippen LogP contribution in [-0.4, -0.2) is 42.7 Å². The summed E-state index contributed by atoms with van der Waals surface area (Å²) in [5.41, 5.74) is 4.80. The van der Waals surface area contributed by atoms with Crippen molar-refractivity contribution < 1.29 is 23.7 Å². The fourth-order valence-corrected chi connectivity index (χ4v) is 3.31. The molecule has 9 heteroatoms. The topological polar surface area (TPSA) is 90.4 Å². The van der Waals surface area contributed by atoms with Crippen molar-refractivity contribution >= 4 is 34.7 Å². The zero-order valence-corrected chi connectivity index (χ0v) is 19.4. The summed E-state index contributed by atoms with van der Waals surface area (Å²) in [6.07, 6.45) is 0.555. The highest BCUT2D eigenvalue weighted by molar-refractivity contribution is 7.80. The van der Waals surface area contributed by atoms with Gasteiger partial charge in [0.2, 0.25) is 0 Å². The number of benzene rings is 2. The van der Waals surface area contributed by atoms with Crippen molar-refractivity contribution in [3.05, 3.63) is 48.0 Å². The summed E-state index contributed by atoms with van der Waals surface area (Å²) < 4.78 is 21.7. The standard InChI is InChI=1S/C23H27N3O5S/c1-5-29-21(27)14-30-17-10-11-20-18(12-17)19(13-23(2,3)31-20)25-26-22(32)24-15-6-8-16(28-4)9-7-15/h6-12H,5,13-14H2,1-4H3,(H2,24,26,32)/b25-19-. The highest BCUT2D eigenvalue weighted by atomic mass is 32.1. The van der Waals surface area contributed by atoms with E-state index >= 15 is 0 Å². The van der Waals surface area contributed by atoms with Crippen LogP contribution in [0.3, 0.4) is 0 Å². The second-order valence-electron chi connectivity index (χ2n) is 7.64. The second kappa shape index (κ2) is 10.3. The van der Waals surface area contributed by atoms with Gasteiger partial charge in [0, 0.05) is 17.7 Å². The summed E-state index contributed by atoms with van der Waals surface area (Å²) >= 11 is 5.37. The molecule has 0 aromatic heterocycles. The number of anilines is 1. The lowest BCUT2D eigenvalue weighted by atomic mass is 9.92. The Balaban J connectivity index is 1.73. The molecule has 170 valence electrons. The van der Waals surface area contributed by atoms with Gasteiger partial charge in [-0.2, -0.15) is 5.10 Å². The van der Waals surface area contributed by atoms with Gasteiger partial charge in [0.25, 0.3) is 0 Å². The van der Waals surface area contributed by atoms with Gasteiger partial charge in [-0.05, 0) is 75.5 Å². The van der Waals surface area contributed by atoms with Crippen molar-refractivity contribution in [2.45, 2.75) is 32.8 Å². The van der Waals surface area contributed by atoms with E-state index in [4.69, 9.17) is 31.2 Å². The third kappa shape index (κ3) is 6.34. The van der Waals surface area contributed by atoms with E-state index in [0.717, 1.165) is 22.7 Å². The average Bonchev–Trinajstić information content (AvgIpc) is 2.76. The normalized spacial score (nSPS) is 15.2. The Morgan fingerprint density at radius 1 is 1.19 bits per heavy atom. The number of fused-ring (bicyclic) bond motifs is 1. The Labute approximate surface area is 192 Å². The van der Waals surface area contributed by atoms with E-state index in [0.29, 0.717) is 29.6 Å². The predicted octanol–water partition coefficient (Wildman–Crippen LogP) is 3.89. The molecule has 8 nitrogen and oxygen atoms in total. The molecule has 0 spiro atoms. The van der Waals surface area contributed by atoms with Crippen molar-refractivity contribution in [2.24, 2.45) is 5.10 Å². The fourth-order valence-electron chi connectivity index (χ4n) is 3.14. The number of rotatable bonds is 7. The van der Waals surface area contributed by atoms with Crippen molar-refractivity contribution in [1.29, 1.82) is 0 Å². The molecule has 0 radical (unpaired) electrons. The molecule has 1 heterocycles. The number of carbonyl (C=O) groups is 1. The summed E-state index contributed by atoms with van der Waals surface area (Å²) in [7, 11) is 1.62. The molecule has 1 aliphatic heterocycles. The van der Waals surface area contributed by atoms with Gasteiger partial charge >= 0.3 is 5.97 Å². The minimum absolute atomic E-state index is 0.167. The second-order valence-corrected chi connectivity index (χ2v) is 8.05. The van der Waals surface area contributed by atoms with Gasteiger partial charge in [-0.15, -0.1) is 0 Å². The molecule has 2 N–H and O–H groups in total. The lowest BCUT2D eigenvalue weighted by molar-refractivity contribution is -0.145. The molecule has 0 atom stereocenters. The van der Waals surface area contributed by atoms with E-state index in [9.17, 15) is 4.79 Å². The van der Waals surface area contributed by atoms with Crippen LogP contribution >= 0.6 is 12.2 Å². The molecule has 32 heavy (non-hydrogen) atoms. The van der Waals surface area contributed by atoms with Gasteiger partial charge in [-0.3, -0.25) is 5.43 Å². The maximum atomic E-state index is 11.6. The van der Waals surface area contributed by atoms with E-state index in [2.05, 4.69) is 15.8 Å². The van der Waals surface area contributed by atoms with Crippen LogP contribution in [0, 0.1) is 0 Å². The molecule has 0 aliphatic carbocycles. The van der Waals surface area contributed by atoms with Gasteiger partial charge < -0.3 is 24.3 Å². The molecule has 3 rings (SSSR count). The van der Waals surface area contributed by atoms with Crippen LogP contribution in [0.2, 0.25) is 0 Å². The van der Waals surface area contributed by atoms with E-state index < -0.39 is 11.6 Å². The molecule has 0 unspecified atom stereocenters. The molecule has 2 aromatic carbocycles. The predicted molar refractivity (Wildman–Crippen MR) is 127 cm³/mol. The summed E-state index contributed by atoms with van der Waals surface area (Å²) in [4.78, 5) is 11.6. The SMILES string of the molecule is CCOC(=O)COc1ccc2c(c1)/C(=N\NC(=S)Nc1ccc(OC)cc1)CC(C)(C)O2. The van der Waals surface area contributed by atoms with Crippen molar-refractivity contribution in [3.63, 3.8) is 0 Å². The van der Waals surface area contributed by atoms with E-state index in [1.165, 1.54) is 0 Å². The first kappa shape index (κ1) is 23.3. The summed E-state index contributed by atoms with van der Waals surface area (Å²) in [6.45, 7) is 5.87. The zero-order valence-electron chi connectivity index (χ0n) is 18.6. The highest BCUT2D eigenvalue weighted by Crippen LogP contribution is 2.35. The first-order chi connectivity index (χ1) is 15.3. The molecule has 0 bridgehead atoms. The molecule has 0 fully saturated rings. The Morgan fingerprint density at radius 2 is 1.91 bits per heavy atom. The Bertz CT molecular complexity index is 1010. The lowest BCUT2D eigenvalue weighted by Gasteiger charge is -2.33. The van der Waals surface area contributed by atoms with Crippen LogP contribution in [0.25, 0.3) is 0 Å². The van der Waals surface area contributed by atoms with Crippen LogP contribution in [0.15, 0.2) is 47.6 Å². The molecular formula is C23H27N3O5S. The molecule has 1 aliphatic rings. The van der Waals surface area contributed by atoms with Crippen LogP contribution < -0.4 is 25.0 Å². The third-order valence-corrected chi connectivity index (χ3v) is 4.74. The quantitative estimate of drug-likeness (QED) is 0.368. The highest BCUT2D eigenvalue weighted by Gasteiger charge is 2.31. The van der Waals surface area contributed by atoms with Crippen molar-refractivity contribution in [2.75, 3.05) is 25.6 Å². The molecular weight excluding hydrogens is 430 g/mol. The maximum absolute atomic E-state index is 11.6. The Kier molecular flexibility index (Phi) is 7.53. The maximum Gasteiger partial charge on any atom is 0.344 e. The van der Waals surface area contributed by atoms with Crippen LogP contribution in [0.4, 0.5) is 5.69 Å². The van der Waals surface area contributed by atoms with Crippen molar-refractivity contribution in [3.8, 4) is 17.2 Å². The number of hydrogen-bond donors (Lipinski definition) is 2. The number of ether oxygens (including phenoxy) is 4. The minimum Gasteiger partial charge on any atom is -0.497 e. The molecule has 0 saturated carbocycles. The lowest BCUT2D eigenvalue weighted by Crippen LogP contribution is -2.37. The number of methoxy groups -OCH3 is 1. The Hall–Kier alpha value is -3.33. The Morgan fingerprint density at radius 3 is 2.59 bits per heavy atom. The number of nitrogens with zero attached hydrogens (tertiary/aromatic N) is 1. The molecule has 2 aromatic rings. The monoisotopic (exact) mass is 457 g/mol. The van der Waals surface area contributed by atoms with Gasteiger partial charge in [0.1, 0.15) is 22.8 Å². The number of nitrogens with one attached hydrogen (secondary N) is 2. The summed E-state index contributed by atoms with van der Waals surface area (Å²) in [5, 5.41) is 7.96. The van der Waals surface area contributed by atoms with E-state index in [1.807, 2.05) is 38.1 Å². The molecule has 0 amide bonds. The van der Waals surface area contributed by atoms with Gasteiger partial charge in [-0.25, -0.2) is 4.79 Å². The summed E-state index contributed by atoms with van der Waals surface area (Å²) in [6, 6.07) is 12.8. The van der Waals surface area contributed by atoms with E-state index in [1.54, 1.807) is 32.2 Å². The number of hydrazone groups is 1. The van der Waals surface area contributed by atoms with Crippen LogP contribution in [0.1, 0.15) is 32.8 Å². The zero-order chi connectivity index (χ0) is 23.1. The average molecular weight is 458 g/mol. The third-order valence-electron chi connectivity index (χ3n) is 4.54. The first-order valence-electron chi connectivity index (χ1n) is 10.2. The minimum atomic E-state index is -0.439. The van der Waals surface area contributed by atoms with Gasteiger partial charge in [-0.1, -0.05) is 0 Å². The van der Waals surface area contributed by atoms with Gasteiger partial charge in [0.05, 0.1) is 19.4 Å². The first-order valence-corrected chi connectivity index (χ1v) is 10.6. The van der Waals surface area contributed by atoms with Crippen LogP contribution in [0.5, 0.6) is 17.2 Å². The smallest absolute Gasteiger partial charge is 0.344 e. The summed E-state index contributed by atoms with van der Waals surface area (Å²) in [5.74, 6) is 1.54. The van der Waals surface area contributed by atoms with Crippen molar-refractivity contribution in [1.82, 2.24) is 5.43 Å². The number of esters is 1.